The average Bonchev–Trinajstić information content (AvgIpc) is 1.19. The van der Waals surface area contributed by atoms with E-state index in [-0.39, 0.29) is 0 Å². The Morgan fingerprint density at radius 3 is 1.11 bits per heavy atom. The SMILES string of the molecule is NC(N)=O.[Cl][Sn]([Cl])([Cl])[Cl]. The molecule has 0 radical (unpaired) electrons. The first-order chi connectivity index (χ1) is 3.73. The van der Waals surface area contributed by atoms with Gasteiger partial charge in [-0.15, -0.1) is 0 Å². The zero-order chi connectivity index (χ0) is 8.08. The monoisotopic (exact) mass is 320 g/mol. The van der Waals surface area contributed by atoms with Crippen LogP contribution >= 0.6 is 35.7 Å². The Labute approximate surface area is 71.3 Å². The van der Waals surface area contributed by atoms with Crippen molar-refractivity contribution < 1.29 is 4.79 Å². The van der Waals surface area contributed by atoms with Crippen LogP contribution in [-0.2, 0) is 0 Å². The molecule has 8 heteroatoms. The van der Waals surface area contributed by atoms with Crippen LogP contribution in [0.5, 0.6) is 0 Å². The topological polar surface area (TPSA) is 69.1 Å². The molecule has 0 aliphatic carbocycles. The molecule has 0 aromatic heterocycles. The first-order valence-corrected chi connectivity index (χ1v) is 16.0. The van der Waals surface area contributed by atoms with Crippen molar-refractivity contribution in [2.45, 2.75) is 0 Å². The van der Waals surface area contributed by atoms with E-state index in [1.807, 2.05) is 0 Å². The Hall–Kier alpha value is 1.23. The second-order valence-electron chi connectivity index (χ2n) is 0.831. The number of amides is 2. The van der Waals surface area contributed by atoms with E-state index >= 15 is 0 Å². The molecule has 0 atom stereocenters. The van der Waals surface area contributed by atoms with Crippen LogP contribution in [0.1, 0.15) is 0 Å². The summed E-state index contributed by atoms with van der Waals surface area (Å²) in [6.07, 6.45) is 0. The summed E-state index contributed by atoms with van der Waals surface area (Å²) in [5.74, 6) is 0. The molecule has 0 aliphatic heterocycles. The van der Waals surface area contributed by atoms with Crippen molar-refractivity contribution in [3.05, 3.63) is 0 Å². The third-order valence-corrected chi connectivity index (χ3v) is 0. The first-order valence-electron chi connectivity index (χ1n) is 1.54. The van der Waals surface area contributed by atoms with Crippen LogP contribution in [0.15, 0.2) is 0 Å². The number of hydrogen-bond donors (Lipinski definition) is 2. The number of primary amides is 2. The Morgan fingerprint density at radius 1 is 1.11 bits per heavy atom. The molecule has 0 bridgehead atoms. The molecule has 0 unspecified atom stereocenters. The van der Waals surface area contributed by atoms with Gasteiger partial charge in [-0.1, -0.05) is 0 Å². The van der Waals surface area contributed by atoms with Crippen molar-refractivity contribution in [1.29, 1.82) is 0 Å². The quantitative estimate of drug-likeness (QED) is 0.651. The molecule has 0 aromatic rings. The molecular formula is CH4Cl4N2OSn. The van der Waals surface area contributed by atoms with Crippen LogP contribution in [0.4, 0.5) is 4.79 Å². The fourth-order valence-electron chi connectivity index (χ4n) is 0. The Morgan fingerprint density at radius 2 is 1.11 bits per heavy atom. The molecule has 0 aliphatic rings. The van der Waals surface area contributed by atoms with Crippen LogP contribution in [0, 0.1) is 0 Å². The fraction of sp³-hybridized carbons (Fsp3) is 0. The summed E-state index contributed by atoms with van der Waals surface area (Å²) in [6.45, 7) is 0. The van der Waals surface area contributed by atoms with Crippen LogP contribution < -0.4 is 11.5 Å². The van der Waals surface area contributed by atoms with Crippen molar-refractivity contribution in [1.82, 2.24) is 0 Å². The van der Waals surface area contributed by atoms with E-state index in [4.69, 9.17) is 40.5 Å². The minimum absolute atomic E-state index is 0.833. The fourth-order valence-corrected chi connectivity index (χ4v) is 0. The third-order valence-electron chi connectivity index (χ3n) is 0. The van der Waals surface area contributed by atoms with E-state index in [1.165, 1.54) is 0 Å². The predicted octanol–water partition coefficient (Wildman–Crippen LogP) is 1.40. The molecule has 0 fully saturated rings. The van der Waals surface area contributed by atoms with Gasteiger partial charge in [0, 0.05) is 0 Å². The molecule has 0 rings (SSSR count). The van der Waals surface area contributed by atoms with Crippen molar-refractivity contribution in [2.75, 3.05) is 0 Å². The molecule has 0 heterocycles. The number of carbonyl (C=O) groups is 1. The normalized spacial score (nSPS) is 9.33. The van der Waals surface area contributed by atoms with Gasteiger partial charge in [-0.2, -0.15) is 0 Å². The number of hydrogen-bond acceptors (Lipinski definition) is 1. The second-order valence-corrected chi connectivity index (χ2v) is 26.3. The first kappa shape index (κ1) is 12.9. The number of urea groups is 1. The van der Waals surface area contributed by atoms with Gasteiger partial charge in [0.2, 0.25) is 0 Å². The van der Waals surface area contributed by atoms with Crippen molar-refractivity contribution in [2.24, 2.45) is 11.5 Å². The molecule has 9 heavy (non-hydrogen) atoms. The summed E-state index contributed by atoms with van der Waals surface area (Å²) in [6, 6.07) is -0.833. The van der Waals surface area contributed by atoms with Crippen LogP contribution in [-0.4, -0.2) is 19.9 Å². The summed E-state index contributed by atoms with van der Waals surface area (Å²) in [7, 11) is 20.1. The Kier molecular flexibility index (Phi) is 8.54. The van der Waals surface area contributed by atoms with Gasteiger partial charge < -0.3 is 11.5 Å². The van der Waals surface area contributed by atoms with Crippen LogP contribution in [0.3, 0.4) is 0 Å². The molecule has 56 valence electrons. The van der Waals surface area contributed by atoms with Gasteiger partial charge in [0.25, 0.3) is 0 Å². The Balaban J connectivity index is 0. The van der Waals surface area contributed by atoms with Gasteiger partial charge in [-0.3, -0.25) is 0 Å². The van der Waals surface area contributed by atoms with E-state index in [2.05, 4.69) is 11.5 Å². The number of halogens is 4. The van der Waals surface area contributed by atoms with Crippen molar-refractivity contribution in [3.63, 3.8) is 0 Å². The van der Waals surface area contributed by atoms with Crippen LogP contribution in [0.2, 0.25) is 0 Å². The van der Waals surface area contributed by atoms with E-state index in [1.54, 1.807) is 0 Å². The van der Waals surface area contributed by atoms with Crippen LogP contribution in [0.25, 0.3) is 0 Å². The molecule has 0 saturated carbocycles. The summed E-state index contributed by atoms with van der Waals surface area (Å²) in [5, 5.41) is 0. The molecule has 2 amide bonds. The maximum absolute atomic E-state index is 9.00. The van der Waals surface area contributed by atoms with Gasteiger partial charge in [0.1, 0.15) is 0 Å². The predicted molar refractivity (Wildman–Crippen MR) is 42.9 cm³/mol. The van der Waals surface area contributed by atoms with Gasteiger partial charge in [0.15, 0.2) is 0 Å². The van der Waals surface area contributed by atoms with E-state index in [0.717, 1.165) is 0 Å². The molecule has 0 saturated heterocycles. The number of nitrogens with two attached hydrogens (primary N) is 2. The second kappa shape index (κ2) is 5.97. The van der Waals surface area contributed by atoms with Gasteiger partial charge in [-0.25, -0.2) is 4.79 Å². The van der Waals surface area contributed by atoms with E-state index in [0.29, 0.717) is 0 Å². The zero-order valence-corrected chi connectivity index (χ0v) is 9.95. The van der Waals surface area contributed by atoms with Crippen molar-refractivity contribution >= 4 is 55.6 Å². The molecular weight excluding hydrogens is 317 g/mol. The Bertz CT molecular complexity index is 81.1. The molecule has 4 N–H and O–H groups in total. The minimum atomic E-state index is -3.29. The zero-order valence-electron chi connectivity index (χ0n) is 4.07. The standard InChI is InChI=1S/CH4N2O.4ClH.Sn/c2-1(3)4;;;;;/h(H4,2,3,4);4*1H;/q;;;;;+4/p-4. The number of rotatable bonds is 0. The summed E-state index contributed by atoms with van der Waals surface area (Å²) < 4.78 is 0. The van der Waals surface area contributed by atoms with E-state index < -0.39 is 19.9 Å². The summed E-state index contributed by atoms with van der Waals surface area (Å²) in [5.41, 5.74) is 8.50. The van der Waals surface area contributed by atoms with Gasteiger partial charge in [0.05, 0.1) is 0 Å². The summed E-state index contributed by atoms with van der Waals surface area (Å²) >= 11 is -3.29. The maximum atomic E-state index is 9.00. The van der Waals surface area contributed by atoms with Crippen molar-refractivity contribution in [3.8, 4) is 0 Å². The molecule has 0 spiro atoms. The van der Waals surface area contributed by atoms with E-state index in [9.17, 15) is 0 Å². The molecule has 3 nitrogen and oxygen atoms in total. The average molecular weight is 321 g/mol. The number of carbonyl (C=O) groups excluding carboxylic acids is 1. The summed E-state index contributed by atoms with van der Waals surface area (Å²) in [4.78, 5) is 9.00. The van der Waals surface area contributed by atoms with Gasteiger partial charge >= 0.3 is 55.6 Å². The third kappa shape index (κ3) is 319. The van der Waals surface area contributed by atoms with Gasteiger partial charge in [-0.05, 0) is 0 Å². The molecule has 0 aromatic carbocycles.